The number of benzene rings is 4. The Hall–Kier alpha value is -6.01. The van der Waals surface area contributed by atoms with Crippen LogP contribution in [0.3, 0.4) is 0 Å². The van der Waals surface area contributed by atoms with Gasteiger partial charge < -0.3 is 19.9 Å². The lowest BCUT2D eigenvalue weighted by Crippen LogP contribution is -2.54. The number of hydrogen-bond donors (Lipinski definition) is 4. The zero-order valence-electron chi connectivity index (χ0n) is 23.1. The molecular formula is C32H24ClN3O9. The Balaban J connectivity index is 1.45. The quantitative estimate of drug-likeness (QED) is 0.150. The van der Waals surface area contributed by atoms with Gasteiger partial charge in [0.25, 0.3) is 17.7 Å². The van der Waals surface area contributed by atoms with Gasteiger partial charge in [0.2, 0.25) is 12.2 Å². The fourth-order valence-corrected chi connectivity index (χ4v) is 3.91. The van der Waals surface area contributed by atoms with Crippen molar-refractivity contribution in [3.8, 4) is 0 Å². The van der Waals surface area contributed by atoms with Gasteiger partial charge in [0, 0.05) is 21.8 Å². The number of halogens is 1. The fraction of sp³-hybridized carbons (Fsp3) is 0.0625. The van der Waals surface area contributed by atoms with Crippen LogP contribution in [0.4, 0.5) is 5.69 Å². The molecule has 0 fully saturated rings. The SMILES string of the molecule is O=C(NNC(=O)[C@H](OC(=O)c1ccccc1)[C@H](OC(=O)c1ccccc1)C(=O)O)c1ccc(NC(=O)c2ccc(Cl)cc2)cc1. The van der Waals surface area contributed by atoms with Crippen LogP contribution < -0.4 is 16.2 Å². The van der Waals surface area contributed by atoms with Gasteiger partial charge in [-0.2, -0.15) is 0 Å². The Morgan fingerprint density at radius 3 is 1.53 bits per heavy atom. The highest BCUT2D eigenvalue weighted by Crippen LogP contribution is 2.15. The molecule has 0 saturated carbocycles. The summed E-state index contributed by atoms with van der Waals surface area (Å²) in [6, 6.07) is 26.6. The smallest absolute Gasteiger partial charge is 0.349 e. The van der Waals surface area contributed by atoms with E-state index in [4.69, 9.17) is 21.1 Å². The molecule has 0 aliphatic carbocycles. The van der Waals surface area contributed by atoms with Gasteiger partial charge in [0.1, 0.15) is 0 Å². The number of esters is 2. The molecular weight excluding hydrogens is 606 g/mol. The van der Waals surface area contributed by atoms with Crippen molar-refractivity contribution in [1.82, 2.24) is 10.9 Å². The molecule has 0 aromatic heterocycles. The Morgan fingerprint density at radius 2 is 1.02 bits per heavy atom. The summed E-state index contributed by atoms with van der Waals surface area (Å²) >= 11 is 5.84. The normalized spacial score (nSPS) is 11.7. The van der Waals surface area contributed by atoms with Crippen LogP contribution in [-0.4, -0.2) is 52.9 Å². The number of ether oxygens (including phenoxy) is 2. The van der Waals surface area contributed by atoms with Crippen molar-refractivity contribution in [1.29, 1.82) is 0 Å². The van der Waals surface area contributed by atoms with Gasteiger partial charge in [0.15, 0.2) is 0 Å². The van der Waals surface area contributed by atoms with Gasteiger partial charge in [-0.05, 0) is 72.8 Å². The summed E-state index contributed by atoms with van der Waals surface area (Å²) in [6.45, 7) is 0. The minimum Gasteiger partial charge on any atom is -0.478 e. The molecule has 0 saturated heterocycles. The van der Waals surface area contributed by atoms with Gasteiger partial charge in [-0.15, -0.1) is 0 Å². The van der Waals surface area contributed by atoms with E-state index in [1.807, 2.05) is 5.43 Å². The first-order valence-electron chi connectivity index (χ1n) is 13.1. The molecule has 0 aliphatic rings. The summed E-state index contributed by atoms with van der Waals surface area (Å²) in [4.78, 5) is 75.8. The molecule has 12 nitrogen and oxygen atoms in total. The lowest BCUT2D eigenvalue weighted by molar-refractivity contribution is -0.159. The van der Waals surface area contributed by atoms with Crippen molar-refractivity contribution < 1.29 is 43.3 Å². The van der Waals surface area contributed by atoms with Crippen LogP contribution in [-0.2, 0) is 19.1 Å². The number of hydrazine groups is 1. The number of carboxylic acid groups (broad SMARTS) is 1. The molecule has 4 aromatic carbocycles. The second-order valence-corrected chi connectivity index (χ2v) is 9.64. The number of carbonyl (C=O) groups excluding carboxylic acids is 5. The van der Waals surface area contributed by atoms with Gasteiger partial charge in [-0.3, -0.25) is 25.2 Å². The highest BCUT2D eigenvalue weighted by molar-refractivity contribution is 6.30. The Morgan fingerprint density at radius 1 is 0.556 bits per heavy atom. The van der Waals surface area contributed by atoms with Crippen molar-refractivity contribution in [2.24, 2.45) is 0 Å². The molecule has 13 heteroatoms. The van der Waals surface area contributed by atoms with E-state index < -0.39 is 47.8 Å². The van der Waals surface area contributed by atoms with Crippen molar-refractivity contribution in [3.63, 3.8) is 0 Å². The van der Waals surface area contributed by atoms with Gasteiger partial charge in [-0.25, -0.2) is 14.4 Å². The van der Waals surface area contributed by atoms with Gasteiger partial charge >= 0.3 is 17.9 Å². The Bertz CT molecular complexity index is 1700. The second kappa shape index (κ2) is 14.9. The number of carbonyl (C=O) groups is 6. The zero-order chi connectivity index (χ0) is 32.3. The molecule has 4 aromatic rings. The molecule has 45 heavy (non-hydrogen) atoms. The van der Waals surface area contributed by atoms with Crippen molar-refractivity contribution >= 4 is 52.9 Å². The van der Waals surface area contributed by atoms with E-state index in [-0.39, 0.29) is 16.7 Å². The lowest BCUT2D eigenvalue weighted by Gasteiger charge is -2.23. The molecule has 2 atom stereocenters. The Kier molecular flexibility index (Phi) is 10.6. The average Bonchev–Trinajstić information content (AvgIpc) is 3.06. The highest BCUT2D eigenvalue weighted by Gasteiger charge is 2.41. The number of amides is 3. The van der Waals surface area contributed by atoms with Crippen LogP contribution in [0.1, 0.15) is 41.4 Å². The first-order valence-corrected chi connectivity index (χ1v) is 13.5. The van der Waals surface area contributed by atoms with Gasteiger partial charge in [-0.1, -0.05) is 48.0 Å². The van der Waals surface area contributed by atoms with Crippen LogP contribution in [0.15, 0.2) is 109 Å². The summed E-state index contributed by atoms with van der Waals surface area (Å²) in [6.07, 6.45) is -4.50. The predicted molar refractivity (Wildman–Crippen MR) is 160 cm³/mol. The average molecular weight is 630 g/mol. The summed E-state index contributed by atoms with van der Waals surface area (Å²) in [5.41, 5.74) is 4.85. The topological polar surface area (TPSA) is 177 Å². The van der Waals surface area contributed by atoms with E-state index in [0.29, 0.717) is 16.3 Å². The largest absolute Gasteiger partial charge is 0.478 e. The predicted octanol–water partition coefficient (Wildman–Crippen LogP) is 3.89. The van der Waals surface area contributed by atoms with Crippen LogP contribution in [0.2, 0.25) is 5.02 Å². The maximum absolute atomic E-state index is 13.1. The third kappa shape index (κ3) is 8.75. The van der Waals surface area contributed by atoms with E-state index in [0.717, 1.165) is 0 Å². The molecule has 0 unspecified atom stereocenters. The summed E-state index contributed by atoms with van der Waals surface area (Å²) in [5.74, 6) is -6.51. The second-order valence-electron chi connectivity index (χ2n) is 9.20. The zero-order valence-corrected chi connectivity index (χ0v) is 23.9. The number of hydrogen-bond acceptors (Lipinski definition) is 8. The molecule has 4 N–H and O–H groups in total. The number of anilines is 1. The van der Waals surface area contributed by atoms with E-state index in [1.54, 1.807) is 36.4 Å². The third-order valence-electron chi connectivity index (χ3n) is 6.07. The molecule has 228 valence electrons. The number of rotatable bonds is 10. The molecule has 0 bridgehead atoms. The third-order valence-corrected chi connectivity index (χ3v) is 6.33. The molecule has 0 radical (unpaired) electrons. The first kappa shape index (κ1) is 31.9. The maximum atomic E-state index is 13.1. The number of nitrogens with one attached hydrogen (secondary N) is 3. The molecule has 0 aliphatic heterocycles. The number of aliphatic carboxylic acids is 1. The molecule has 4 rings (SSSR count). The van der Waals surface area contributed by atoms with E-state index in [9.17, 15) is 33.9 Å². The molecule has 3 amide bonds. The summed E-state index contributed by atoms with van der Waals surface area (Å²) in [7, 11) is 0. The standard InChI is InChI=1S/C32H24ClN3O9/c33-23-15-11-19(12-16-23)27(37)34-24-17-13-20(14-18-24)28(38)35-36-29(39)25(44-31(42)21-7-3-1-4-8-21)26(30(40)41)45-32(43)22-9-5-2-6-10-22/h1-18,25-26H,(H,34,37)(H,35,38)(H,36,39)(H,40,41)/t25-,26+/m1/s1. The number of carboxylic acids is 1. The van der Waals surface area contributed by atoms with Crippen molar-refractivity contribution in [2.75, 3.05) is 5.32 Å². The summed E-state index contributed by atoms with van der Waals surface area (Å²) < 4.78 is 10.2. The Labute approximate surface area is 260 Å². The van der Waals surface area contributed by atoms with E-state index in [1.165, 1.54) is 72.8 Å². The first-order chi connectivity index (χ1) is 21.6. The van der Waals surface area contributed by atoms with Crippen LogP contribution in [0.5, 0.6) is 0 Å². The van der Waals surface area contributed by atoms with Crippen LogP contribution in [0.25, 0.3) is 0 Å². The monoisotopic (exact) mass is 629 g/mol. The maximum Gasteiger partial charge on any atom is 0.349 e. The van der Waals surface area contributed by atoms with E-state index in [2.05, 4.69) is 10.7 Å². The fourth-order valence-electron chi connectivity index (χ4n) is 3.78. The minimum atomic E-state index is -2.29. The van der Waals surface area contributed by atoms with Crippen LogP contribution >= 0.6 is 11.6 Å². The minimum absolute atomic E-state index is 0.0129. The van der Waals surface area contributed by atoms with E-state index >= 15 is 0 Å². The van der Waals surface area contributed by atoms with Crippen LogP contribution in [0, 0.1) is 0 Å². The lowest BCUT2D eigenvalue weighted by atomic mass is 10.1. The summed E-state index contributed by atoms with van der Waals surface area (Å²) in [5, 5.41) is 13.0. The van der Waals surface area contributed by atoms with Crippen molar-refractivity contribution in [2.45, 2.75) is 12.2 Å². The molecule has 0 heterocycles. The van der Waals surface area contributed by atoms with Crippen molar-refractivity contribution in [3.05, 3.63) is 136 Å². The van der Waals surface area contributed by atoms with Gasteiger partial charge in [0.05, 0.1) is 11.1 Å². The molecule has 0 spiro atoms. The highest BCUT2D eigenvalue weighted by atomic mass is 35.5.